The highest BCUT2D eigenvalue weighted by Crippen LogP contribution is 2.29. The second kappa shape index (κ2) is 5.99. The monoisotopic (exact) mass is 306 g/mol. The standard InChI is InChI=1S/C15H18N2O3S/c1-10-4-7-21-14(10)9-17-5-2-11(3-6-17)12-8-13(15(18)19)20-16-12/h4,7-8,11H,2-3,5-6,9H2,1H3,(H,18,19). The Morgan fingerprint density at radius 1 is 1.52 bits per heavy atom. The maximum atomic E-state index is 10.8. The van der Waals surface area contributed by atoms with E-state index in [0.717, 1.165) is 38.2 Å². The maximum absolute atomic E-state index is 10.8. The molecule has 2 aromatic heterocycles. The maximum Gasteiger partial charge on any atom is 0.374 e. The molecule has 2 aromatic rings. The van der Waals surface area contributed by atoms with Gasteiger partial charge in [0.05, 0.1) is 5.69 Å². The van der Waals surface area contributed by atoms with Crippen LogP contribution in [0.15, 0.2) is 22.0 Å². The molecule has 112 valence electrons. The van der Waals surface area contributed by atoms with Crippen LogP contribution < -0.4 is 0 Å². The first-order valence-electron chi connectivity index (χ1n) is 7.08. The number of aromatic carboxylic acids is 1. The molecule has 6 heteroatoms. The highest BCUT2D eigenvalue weighted by atomic mass is 32.1. The predicted octanol–water partition coefficient (Wildman–Crippen LogP) is 3.12. The second-order valence-corrected chi connectivity index (χ2v) is 6.50. The van der Waals surface area contributed by atoms with Crippen molar-refractivity contribution in [2.45, 2.75) is 32.2 Å². The summed E-state index contributed by atoms with van der Waals surface area (Å²) in [7, 11) is 0. The first-order valence-corrected chi connectivity index (χ1v) is 7.96. The van der Waals surface area contributed by atoms with E-state index in [4.69, 9.17) is 9.63 Å². The number of nitrogens with zero attached hydrogens (tertiary/aromatic N) is 2. The van der Waals surface area contributed by atoms with Crippen LogP contribution >= 0.6 is 11.3 Å². The summed E-state index contributed by atoms with van der Waals surface area (Å²) in [6.45, 7) is 5.19. The lowest BCUT2D eigenvalue weighted by atomic mass is 9.93. The van der Waals surface area contributed by atoms with Gasteiger partial charge < -0.3 is 9.63 Å². The molecule has 21 heavy (non-hydrogen) atoms. The molecule has 1 aliphatic heterocycles. The molecule has 0 atom stereocenters. The van der Waals surface area contributed by atoms with Crippen LogP contribution in [0.3, 0.4) is 0 Å². The average Bonchev–Trinajstić information content (AvgIpc) is 3.10. The SMILES string of the molecule is Cc1ccsc1CN1CCC(c2cc(C(=O)O)on2)CC1. The molecule has 1 fully saturated rings. The number of carbonyl (C=O) groups is 1. The summed E-state index contributed by atoms with van der Waals surface area (Å²) in [4.78, 5) is 14.7. The molecule has 1 N–H and O–H groups in total. The summed E-state index contributed by atoms with van der Waals surface area (Å²) in [5.41, 5.74) is 2.14. The second-order valence-electron chi connectivity index (χ2n) is 5.50. The summed E-state index contributed by atoms with van der Waals surface area (Å²) < 4.78 is 4.85. The third-order valence-electron chi connectivity index (χ3n) is 4.08. The molecule has 0 saturated carbocycles. The minimum absolute atomic E-state index is 0.0679. The molecule has 0 unspecified atom stereocenters. The van der Waals surface area contributed by atoms with Crippen LogP contribution in [-0.2, 0) is 6.54 Å². The van der Waals surface area contributed by atoms with Crippen molar-refractivity contribution < 1.29 is 14.4 Å². The Bertz CT molecular complexity index is 626. The van der Waals surface area contributed by atoms with E-state index in [0.29, 0.717) is 5.92 Å². The molecule has 0 radical (unpaired) electrons. The van der Waals surface area contributed by atoms with Crippen LogP contribution in [0, 0.1) is 6.92 Å². The van der Waals surface area contributed by atoms with Crippen molar-refractivity contribution in [2.24, 2.45) is 0 Å². The lowest BCUT2D eigenvalue weighted by Gasteiger charge is -2.30. The molecule has 3 heterocycles. The number of rotatable bonds is 4. The number of hydrogen-bond donors (Lipinski definition) is 1. The normalized spacial score (nSPS) is 17.2. The van der Waals surface area contributed by atoms with Crippen LogP contribution in [0.25, 0.3) is 0 Å². The largest absolute Gasteiger partial charge is 0.475 e. The number of aryl methyl sites for hydroxylation is 1. The van der Waals surface area contributed by atoms with Crippen LogP contribution in [0.2, 0.25) is 0 Å². The molecule has 0 spiro atoms. The van der Waals surface area contributed by atoms with E-state index in [1.54, 1.807) is 6.07 Å². The van der Waals surface area contributed by atoms with Gasteiger partial charge in [0.2, 0.25) is 5.76 Å². The Labute approximate surface area is 127 Å². The summed E-state index contributed by atoms with van der Waals surface area (Å²) in [5.74, 6) is -0.816. The van der Waals surface area contributed by atoms with Gasteiger partial charge in [-0.15, -0.1) is 11.3 Å². The van der Waals surface area contributed by atoms with Crippen molar-refractivity contribution in [3.8, 4) is 0 Å². The summed E-state index contributed by atoms with van der Waals surface area (Å²) in [6.07, 6.45) is 1.99. The van der Waals surface area contributed by atoms with Gasteiger partial charge in [0.1, 0.15) is 0 Å². The minimum Gasteiger partial charge on any atom is -0.475 e. The predicted molar refractivity (Wildman–Crippen MR) is 79.8 cm³/mol. The van der Waals surface area contributed by atoms with Crippen molar-refractivity contribution in [3.63, 3.8) is 0 Å². The summed E-state index contributed by atoms with van der Waals surface area (Å²) in [6, 6.07) is 3.72. The first-order chi connectivity index (χ1) is 10.1. The van der Waals surface area contributed by atoms with Gasteiger partial charge >= 0.3 is 5.97 Å². The van der Waals surface area contributed by atoms with Gasteiger partial charge in [-0.05, 0) is 49.9 Å². The fourth-order valence-corrected chi connectivity index (χ4v) is 3.69. The lowest BCUT2D eigenvalue weighted by Crippen LogP contribution is -2.32. The first kappa shape index (κ1) is 14.3. The molecule has 0 aromatic carbocycles. The lowest BCUT2D eigenvalue weighted by molar-refractivity contribution is 0.0652. The third-order valence-corrected chi connectivity index (χ3v) is 5.09. The number of piperidine rings is 1. The number of thiophene rings is 1. The molecule has 5 nitrogen and oxygen atoms in total. The van der Waals surface area contributed by atoms with Crippen LogP contribution in [-0.4, -0.2) is 34.2 Å². The van der Waals surface area contributed by atoms with E-state index in [-0.39, 0.29) is 5.76 Å². The van der Waals surface area contributed by atoms with E-state index in [1.807, 2.05) is 11.3 Å². The van der Waals surface area contributed by atoms with Gasteiger partial charge in [-0.3, -0.25) is 4.90 Å². The van der Waals surface area contributed by atoms with Gasteiger partial charge in [0.15, 0.2) is 0 Å². The smallest absolute Gasteiger partial charge is 0.374 e. The Morgan fingerprint density at radius 2 is 2.29 bits per heavy atom. The van der Waals surface area contributed by atoms with Gasteiger partial charge in [-0.1, -0.05) is 5.16 Å². The Balaban J connectivity index is 1.57. The molecule has 0 amide bonds. The van der Waals surface area contributed by atoms with Gasteiger partial charge in [0.25, 0.3) is 0 Å². The highest BCUT2D eigenvalue weighted by Gasteiger charge is 2.24. The Hall–Kier alpha value is -1.66. The van der Waals surface area contributed by atoms with Gasteiger partial charge in [0, 0.05) is 23.4 Å². The van der Waals surface area contributed by atoms with Crippen LogP contribution in [0.5, 0.6) is 0 Å². The van der Waals surface area contributed by atoms with Crippen molar-refractivity contribution in [3.05, 3.63) is 39.4 Å². The molecule has 0 bridgehead atoms. The van der Waals surface area contributed by atoms with Crippen LogP contribution in [0.1, 0.15) is 45.4 Å². The van der Waals surface area contributed by atoms with Crippen molar-refractivity contribution in [2.75, 3.05) is 13.1 Å². The zero-order chi connectivity index (χ0) is 14.8. The summed E-state index contributed by atoms with van der Waals surface area (Å²) >= 11 is 1.81. The van der Waals surface area contributed by atoms with E-state index in [2.05, 4.69) is 28.4 Å². The Kier molecular flexibility index (Phi) is 4.07. The average molecular weight is 306 g/mol. The molecule has 3 rings (SSSR count). The van der Waals surface area contributed by atoms with Crippen molar-refractivity contribution >= 4 is 17.3 Å². The van der Waals surface area contributed by atoms with Crippen LogP contribution in [0.4, 0.5) is 0 Å². The quantitative estimate of drug-likeness (QED) is 0.940. The van der Waals surface area contributed by atoms with Crippen molar-refractivity contribution in [1.82, 2.24) is 10.1 Å². The topological polar surface area (TPSA) is 66.6 Å². The molecular weight excluding hydrogens is 288 g/mol. The Morgan fingerprint density at radius 3 is 2.86 bits per heavy atom. The third kappa shape index (κ3) is 3.16. The molecule has 1 saturated heterocycles. The van der Waals surface area contributed by atoms with E-state index in [9.17, 15) is 4.79 Å². The zero-order valence-corrected chi connectivity index (χ0v) is 12.7. The van der Waals surface area contributed by atoms with Gasteiger partial charge in [-0.2, -0.15) is 0 Å². The molecule has 1 aliphatic rings. The fourth-order valence-electron chi connectivity index (χ4n) is 2.74. The fraction of sp³-hybridized carbons (Fsp3) is 0.467. The number of carboxylic acids is 1. The number of hydrogen-bond acceptors (Lipinski definition) is 5. The van der Waals surface area contributed by atoms with Crippen molar-refractivity contribution in [1.29, 1.82) is 0 Å². The number of likely N-dealkylation sites (tertiary alicyclic amines) is 1. The van der Waals surface area contributed by atoms with Gasteiger partial charge in [-0.25, -0.2) is 4.79 Å². The molecule has 0 aliphatic carbocycles. The van der Waals surface area contributed by atoms with E-state index >= 15 is 0 Å². The highest BCUT2D eigenvalue weighted by molar-refractivity contribution is 7.10. The number of aromatic nitrogens is 1. The number of carboxylic acid groups (broad SMARTS) is 1. The van der Waals surface area contributed by atoms with E-state index < -0.39 is 5.97 Å². The van der Waals surface area contributed by atoms with E-state index in [1.165, 1.54) is 10.4 Å². The molecular formula is C15H18N2O3S. The summed E-state index contributed by atoms with van der Waals surface area (Å²) in [5, 5.41) is 14.9. The zero-order valence-electron chi connectivity index (χ0n) is 11.9. The minimum atomic E-state index is -1.06.